The number of piperidine rings is 1. The molecule has 1 saturated heterocycles. The fourth-order valence-corrected chi connectivity index (χ4v) is 7.46. The van der Waals surface area contributed by atoms with Gasteiger partial charge in [0, 0.05) is 25.2 Å². The molecule has 4 saturated carbocycles. The van der Waals surface area contributed by atoms with Crippen LogP contribution in [0, 0.1) is 42.9 Å². The normalized spacial score (nSPS) is 33.3. The van der Waals surface area contributed by atoms with Gasteiger partial charge in [0.1, 0.15) is 6.10 Å². The molecule has 8 heteroatoms. The number of aromatic nitrogens is 2. The lowest BCUT2D eigenvalue weighted by atomic mass is 9.48. The van der Waals surface area contributed by atoms with Crippen LogP contribution < -0.4 is 5.73 Å². The number of amides is 2. The number of esters is 1. The second kappa shape index (κ2) is 8.44. The van der Waals surface area contributed by atoms with Crippen molar-refractivity contribution in [3.8, 4) is 0 Å². The van der Waals surface area contributed by atoms with Crippen molar-refractivity contribution in [2.75, 3.05) is 13.1 Å². The lowest BCUT2D eigenvalue weighted by Gasteiger charge is -2.58. The molecular formula is C25H36N4O4. The summed E-state index contributed by atoms with van der Waals surface area (Å²) in [5.74, 6) is 0.782. The highest BCUT2D eigenvalue weighted by molar-refractivity contribution is 5.83. The van der Waals surface area contributed by atoms with E-state index in [4.69, 9.17) is 10.5 Å². The predicted octanol–water partition coefficient (Wildman–Crippen LogP) is 2.42. The summed E-state index contributed by atoms with van der Waals surface area (Å²) in [6.07, 6.45) is 6.82. The van der Waals surface area contributed by atoms with E-state index < -0.39 is 5.41 Å². The topological polar surface area (TPSA) is 118 Å². The molecule has 0 radical (unpaired) electrons. The molecule has 33 heavy (non-hydrogen) atoms. The van der Waals surface area contributed by atoms with Crippen molar-refractivity contribution in [2.24, 2.45) is 34.8 Å². The number of nitrogens with zero attached hydrogens (tertiary/aromatic N) is 2. The largest absolute Gasteiger partial charge is 0.461 e. The maximum atomic E-state index is 13.1. The number of primary amides is 1. The van der Waals surface area contributed by atoms with Gasteiger partial charge in [0.05, 0.1) is 17.0 Å². The molecule has 2 amide bonds. The highest BCUT2D eigenvalue weighted by Gasteiger charge is 2.62. The molecule has 6 rings (SSSR count). The number of aromatic amines is 1. The third kappa shape index (κ3) is 3.95. The van der Waals surface area contributed by atoms with Crippen molar-refractivity contribution in [3.63, 3.8) is 0 Å². The minimum atomic E-state index is -0.662. The third-order valence-corrected chi connectivity index (χ3v) is 9.00. The monoisotopic (exact) mass is 456 g/mol. The number of hydrogen-bond acceptors (Lipinski definition) is 5. The molecule has 3 N–H and O–H groups in total. The first-order valence-electron chi connectivity index (χ1n) is 12.6. The van der Waals surface area contributed by atoms with Crippen LogP contribution in [0.25, 0.3) is 0 Å². The van der Waals surface area contributed by atoms with E-state index in [0.29, 0.717) is 50.6 Å². The standard InChI is InChI=1S/C25H36N4O4/c1-14-20(15(2)28-27-14)3-4-21(30)29-7-5-18(6-8-29)23(31)33-22-19-10-16-9-17(11-19)13-25(22,12-16)24(26)32/h16-19,22H,3-13H2,1-2H3,(H2,26,32)(H,27,28). The first-order valence-corrected chi connectivity index (χ1v) is 12.6. The average molecular weight is 457 g/mol. The number of rotatable bonds is 6. The summed E-state index contributed by atoms with van der Waals surface area (Å²) in [5.41, 5.74) is 8.30. The van der Waals surface area contributed by atoms with E-state index in [1.54, 1.807) is 0 Å². The third-order valence-electron chi connectivity index (χ3n) is 9.00. The molecule has 5 aliphatic rings. The van der Waals surface area contributed by atoms with Crippen molar-refractivity contribution in [3.05, 3.63) is 17.0 Å². The van der Waals surface area contributed by atoms with Gasteiger partial charge in [-0.05, 0) is 88.5 Å². The Kier molecular flexibility index (Phi) is 5.73. The number of hydrogen-bond donors (Lipinski definition) is 2. The summed E-state index contributed by atoms with van der Waals surface area (Å²) in [6.45, 7) is 5.07. The molecule has 8 nitrogen and oxygen atoms in total. The summed E-state index contributed by atoms with van der Waals surface area (Å²) in [5, 5.41) is 7.16. The van der Waals surface area contributed by atoms with E-state index in [1.165, 1.54) is 6.42 Å². The molecule has 1 aliphatic heterocycles. The Bertz CT molecular complexity index is 915. The Morgan fingerprint density at radius 1 is 1.12 bits per heavy atom. The first kappa shape index (κ1) is 22.4. The Balaban J connectivity index is 1.15. The predicted molar refractivity (Wildman–Crippen MR) is 121 cm³/mol. The molecule has 3 unspecified atom stereocenters. The fourth-order valence-electron chi connectivity index (χ4n) is 7.46. The van der Waals surface area contributed by atoms with Gasteiger partial charge in [0.15, 0.2) is 0 Å². The Morgan fingerprint density at radius 2 is 1.79 bits per heavy atom. The SMILES string of the molecule is Cc1n[nH]c(C)c1CCC(=O)N1CCC(C(=O)OC2C3CC4CC(C3)CC2(C(N)=O)C4)CC1. The van der Waals surface area contributed by atoms with Crippen LogP contribution in [0.15, 0.2) is 0 Å². The minimum absolute atomic E-state index is 0.121. The van der Waals surface area contributed by atoms with Crippen LogP contribution in [0.4, 0.5) is 0 Å². The van der Waals surface area contributed by atoms with E-state index >= 15 is 0 Å². The molecule has 4 aliphatic carbocycles. The number of nitrogens with two attached hydrogens (primary N) is 1. The van der Waals surface area contributed by atoms with E-state index in [-0.39, 0.29) is 35.7 Å². The van der Waals surface area contributed by atoms with Gasteiger partial charge in [-0.2, -0.15) is 5.10 Å². The maximum absolute atomic E-state index is 13.1. The zero-order valence-corrected chi connectivity index (χ0v) is 19.8. The summed E-state index contributed by atoms with van der Waals surface area (Å²) in [4.78, 5) is 40.2. The van der Waals surface area contributed by atoms with Crippen LogP contribution in [0.3, 0.4) is 0 Å². The molecule has 3 atom stereocenters. The second-order valence-corrected chi connectivity index (χ2v) is 11.1. The van der Waals surface area contributed by atoms with E-state index in [1.807, 2.05) is 18.7 Å². The molecule has 1 aromatic rings. The molecule has 0 spiro atoms. The van der Waals surface area contributed by atoms with Crippen LogP contribution in [0.2, 0.25) is 0 Å². The number of ether oxygens (including phenoxy) is 1. The van der Waals surface area contributed by atoms with Gasteiger partial charge >= 0.3 is 5.97 Å². The molecule has 5 fully saturated rings. The summed E-state index contributed by atoms with van der Waals surface area (Å²) in [6, 6.07) is 0. The Labute approximate surface area is 195 Å². The fraction of sp³-hybridized carbons (Fsp3) is 0.760. The highest BCUT2D eigenvalue weighted by atomic mass is 16.5. The molecule has 0 aromatic carbocycles. The van der Waals surface area contributed by atoms with Gasteiger partial charge in [-0.3, -0.25) is 19.5 Å². The van der Waals surface area contributed by atoms with Crippen LogP contribution in [-0.4, -0.2) is 52.1 Å². The van der Waals surface area contributed by atoms with Crippen molar-refractivity contribution in [2.45, 2.75) is 77.7 Å². The van der Waals surface area contributed by atoms with Gasteiger partial charge in [0.25, 0.3) is 0 Å². The van der Waals surface area contributed by atoms with Crippen LogP contribution in [-0.2, 0) is 25.5 Å². The number of carbonyl (C=O) groups excluding carboxylic acids is 3. The van der Waals surface area contributed by atoms with Crippen LogP contribution in [0.5, 0.6) is 0 Å². The molecule has 1 aromatic heterocycles. The quantitative estimate of drug-likeness (QED) is 0.637. The summed E-state index contributed by atoms with van der Waals surface area (Å²) >= 11 is 0. The number of aryl methyl sites for hydroxylation is 2. The summed E-state index contributed by atoms with van der Waals surface area (Å²) in [7, 11) is 0. The molecule has 4 bridgehead atoms. The zero-order valence-electron chi connectivity index (χ0n) is 19.8. The number of H-pyrrole nitrogens is 1. The van der Waals surface area contributed by atoms with Crippen LogP contribution >= 0.6 is 0 Å². The molecule has 2 heterocycles. The molecular weight excluding hydrogens is 420 g/mol. The average Bonchev–Trinajstić information content (AvgIpc) is 3.11. The number of carbonyl (C=O) groups is 3. The van der Waals surface area contributed by atoms with Gasteiger partial charge in [-0.25, -0.2) is 0 Å². The van der Waals surface area contributed by atoms with Gasteiger partial charge < -0.3 is 15.4 Å². The minimum Gasteiger partial charge on any atom is -0.461 e. The van der Waals surface area contributed by atoms with Crippen molar-refractivity contribution >= 4 is 17.8 Å². The highest BCUT2D eigenvalue weighted by Crippen LogP contribution is 2.61. The number of nitrogens with one attached hydrogen (secondary N) is 1. The molecule has 180 valence electrons. The second-order valence-electron chi connectivity index (χ2n) is 11.1. The lowest BCUT2D eigenvalue weighted by molar-refractivity contribution is -0.199. The van der Waals surface area contributed by atoms with Gasteiger partial charge in [0.2, 0.25) is 11.8 Å². The van der Waals surface area contributed by atoms with E-state index in [2.05, 4.69) is 10.2 Å². The van der Waals surface area contributed by atoms with Crippen molar-refractivity contribution in [1.29, 1.82) is 0 Å². The summed E-state index contributed by atoms with van der Waals surface area (Å²) < 4.78 is 6.10. The van der Waals surface area contributed by atoms with Crippen molar-refractivity contribution < 1.29 is 19.1 Å². The Hall–Kier alpha value is -2.38. The van der Waals surface area contributed by atoms with Gasteiger partial charge in [-0.15, -0.1) is 0 Å². The zero-order chi connectivity index (χ0) is 23.3. The maximum Gasteiger partial charge on any atom is 0.309 e. The lowest BCUT2D eigenvalue weighted by Crippen LogP contribution is -2.62. The van der Waals surface area contributed by atoms with Gasteiger partial charge in [-0.1, -0.05) is 0 Å². The van der Waals surface area contributed by atoms with E-state index in [0.717, 1.165) is 42.6 Å². The smallest absolute Gasteiger partial charge is 0.309 e. The van der Waals surface area contributed by atoms with Crippen LogP contribution in [0.1, 0.15) is 68.3 Å². The number of likely N-dealkylation sites (tertiary alicyclic amines) is 1. The first-order chi connectivity index (χ1) is 15.8. The van der Waals surface area contributed by atoms with E-state index in [9.17, 15) is 14.4 Å². The Morgan fingerprint density at radius 3 is 2.36 bits per heavy atom. The van der Waals surface area contributed by atoms with Crippen molar-refractivity contribution in [1.82, 2.24) is 15.1 Å².